The first-order valence-corrected chi connectivity index (χ1v) is 9.32. The van der Waals surface area contributed by atoms with Crippen molar-refractivity contribution in [3.8, 4) is 16.9 Å². The van der Waals surface area contributed by atoms with Crippen molar-refractivity contribution < 1.29 is 9.30 Å². The lowest BCUT2D eigenvalue weighted by atomic mass is 9.60. The number of benzene rings is 2. The molecule has 27 heavy (non-hydrogen) atoms. The number of aromatic nitrogens is 1. The van der Waals surface area contributed by atoms with Crippen LogP contribution in [-0.4, -0.2) is 21.1 Å². The first-order chi connectivity index (χ1) is 13.0. The van der Waals surface area contributed by atoms with Gasteiger partial charge in [0.25, 0.3) is 5.82 Å². The van der Waals surface area contributed by atoms with E-state index in [1.165, 1.54) is 44.9 Å². The highest BCUT2D eigenvalue weighted by Gasteiger charge is 2.54. The smallest absolute Gasteiger partial charge is 0.496 e. The van der Waals surface area contributed by atoms with Crippen LogP contribution < -0.4 is 24.4 Å². The molecule has 3 heterocycles. The average molecular weight is 356 g/mol. The summed E-state index contributed by atoms with van der Waals surface area (Å²) in [6.07, 6.45) is 2.21. The maximum Gasteiger partial charge on any atom is 0.538 e. The van der Waals surface area contributed by atoms with Crippen molar-refractivity contribution >= 4 is 29.6 Å². The third-order valence-corrected chi connectivity index (χ3v) is 5.91. The Morgan fingerprint density at radius 1 is 1.04 bits per heavy atom. The minimum absolute atomic E-state index is 0.142. The number of aryl methyl sites for hydroxylation is 2. The molecule has 0 spiro atoms. The Balaban J connectivity index is 1.90. The molecule has 5 rings (SSSR count). The highest BCUT2D eigenvalue weighted by Crippen LogP contribution is 2.49. The second-order valence-corrected chi connectivity index (χ2v) is 7.57. The molecule has 2 aliphatic rings. The van der Waals surface area contributed by atoms with E-state index in [1.807, 2.05) is 0 Å². The molecule has 0 amide bonds. The lowest BCUT2D eigenvalue weighted by Gasteiger charge is -2.29. The van der Waals surface area contributed by atoms with Gasteiger partial charge in [-0.25, -0.2) is 4.57 Å². The van der Waals surface area contributed by atoms with Gasteiger partial charge in [0.1, 0.15) is 11.4 Å². The number of methoxy groups -OCH3 is 1. The molecule has 4 nitrogen and oxygen atoms in total. The minimum atomic E-state index is 0.142. The summed E-state index contributed by atoms with van der Waals surface area (Å²) in [5.74, 6) is 2.16. The van der Waals surface area contributed by atoms with Crippen LogP contribution >= 0.6 is 0 Å². The molecule has 0 unspecified atom stereocenters. The lowest BCUT2D eigenvalue weighted by molar-refractivity contribution is -0.657. The number of nitrogens with zero attached hydrogens (tertiary/aromatic N) is 3. The summed E-state index contributed by atoms with van der Waals surface area (Å²) in [4.78, 5) is 4.85. The first-order valence-electron chi connectivity index (χ1n) is 9.32. The molecule has 3 aromatic rings. The number of fused-ring (bicyclic) bond motifs is 8. The third-order valence-electron chi connectivity index (χ3n) is 5.91. The van der Waals surface area contributed by atoms with Gasteiger partial charge in [0.15, 0.2) is 0 Å². The Bertz CT molecular complexity index is 1100. The van der Waals surface area contributed by atoms with Gasteiger partial charge in [-0.1, -0.05) is 24.3 Å². The molecule has 5 heteroatoms. The number of ether oxygens (including phenoxy) is 1. The molecule has 0 saturated carbocycles. The van der Waals surface area contributed by atoms with E-state index in [4.69, 9.17) is 4.74 Å². The number of anilines is 3. The van der Waals surface area contributed by atoms with Crippen LogP contribution in [0, 0.1) is 13.8 Å². The SMILES string of the molecule is COc1ccc2c(c1C)N1B(c3ccccc3-c3cc(C)c[n+](C)c31)N2C. The molecule has 2 aromatic carbocycles. The van der Waals surface area contributed by atoms with Crippen LogP contribution in [0.5, 0.6) is 5.75 Å². The normalized spacial score (nSPS) is 13.9. The van der Waals surface area contributed by atoms with Gasteiger partial charge >= 0.3 is 6.98 Å². The Kier molecular flexibility index (Phi) is 3.32. The van der Waals surface area contributed by atoms with E-state index in [0.29, 0.717) is 0 Å². The molecule has 134 valence electrons. The van der Waals surface area contributed by atoms with E-state index in [-0.39, 0.29) is 6.98 Å². The Morgan fingerprint density at radius 2 is 1.81 bits per heavy atom. The summed E-state index contributed by atoms with van der Waals surface area (Å²) in [5.41, 5.74) is 8.85. The van der Waals surface area contributed by atoms with Crippen molar-refractivity contribution in [1.82, 2.24) is 0 Å². The van der Waals surface area contributed by atoms with Crippen LogP contribution in [-0.2, 0) is 7.05 Å². The summed E-state index contributed by atoms with van der Waals surface area (Å²) >= 11 is 0. The fourth-order valence-corrected chi connectivity index (χ4v) is 4.83. The Hall–Kier alpha value is -2.95. The molecule has 2 aliphatic heterocycles. The van der Waals surface area contributed by atoms with Crippen molar-refractivity contribution in [1.29, 1.82) is 0 Å². The summed E-state index contributed by atoms with van der Waals surface area (Å²) < 4.78 is 7.90. The predicted molar refractivity (Wildman–Crippen MR) is 111 cm³/mol. The number of pyridine rings is 1. The van der Waals surface area contributed by atoms with E-state index >= 15 is 0 Å². The van der Waals surface area contributed by atoms with Gasteiger partial charge < -0.3 is 9.55 Å². The quantitative estimate of drug-likeness (QED) is 0.494. The van der Waals surface area contributed by atoms with Crippen molar-refractivity contribution in [2.45, 2.75) is 13.8 Å². The van der Waals surface area contributed by atoms with Crippen LogP contribution in [0.15, 0.2) is 48.7 Å². The van der Waals surface area contributed by atoms with Crippen molar-refractivity contribution in [3.63, 3.8) is 0 Å². The summed E-state index contributed by atoms with van der Waals surface area (Å²) in [6, 6.07) is 15.3. The van der Waals surface area contributed by atoms with E-state index in [1.54, 1.807) is 7.11 Å². The van der Waals surface area contributed by atoms with E-state index in [2.05, 4.69) is 90.8 Å². The molecule has 0 bridgehead atoms. The van der Waals surface area contributed by atoms with Crippen molar-refractivity contribution in [3.05, 3.63) is 59.8 Å². The molecule has 0 radical (unpaired) electrons. The molecular weight excluding hydrogens is 333 g/mol. The number of rotatable bonds is 1. The summed E-state index contributed by atoms with van der Waals surface area (Å²) in [6.45, 7) is 4.46. The predicted octanol–water partition coefficient (Wildman–Crippen LogP) is 3.10. The molecule has 1 aromatic heterocycles. The fourth-order valence-electron chi connectivity index (χ4n) is 4.83. The lowest BCUT2D eigenvalue weighted by Crippen LogP contribution is -2.59. The largest absolute Gasteiger partial charge is 0.538 e. The van der Waals surface area contributed by atoms with Gasteiger partial charge in [-0.3, -0.25) is 4.81 Å². The van der Waals surface area contributed by atoms with E-state index in [0.717, 1.165) is 5.75 Å². The zero-order chi connectivity index (χ0) is 18.9. The number of hydrogen-bond acceptors (Lipinski definition) is 3. The van der Waals surface area contributed by atoms with Crippen LogP contribution in [0.1, 0.15) is 11.1 Å². The summed E-state index contributed by atoms with van der Waals surface area (Å²) in [5, 5.41) is 0. The van der Waals surface area contributed by atoms with Crippen LogP contribution in [0.2, 0.25) is 0 Å². The minimum Gasteiger partial charge on any atom is -0.496 e. The highest BCUT2D eigenvalue weighted by molar-refractivity contribution is 6.85. The van der Waals surface area contributed by atoms with E-state index in [9.17, 15) is 0 Å². The zero-order valence-corrected chi connectivity index (χ0v) is 16.4. The van der Waals surface area contributed by atoms with Crippen LogP contribution in [0.25, 0.3) is 11.1 Å². The maximum absolute atomic E-state index is 5.64. The third kappa shape index (κ3) is 2.02. The van der Waals surface area contributed by atoms with Crippen molar-refractivity contribution in [2.24, 2.45) is 7.05 Å². The first kappa shape index (κ1) is 16.2. The molecule has 0 atom stereocenters. The summed E-state index contributed by atoms with van der Waals surface area (Å²) in [7, 11) is 6.07. The number of hydrogen-bond donors (Lipinski definition) is 0. The van der Waals surface area contributed by atoms with Gasteiger partial charge in [-0.15, -0.1) is 0 Å². The molecule has 0 N–H and O–H groups in total. The standard InChI is InChI=1S/C22H23BN3O/c1-14-12-17-16-8-6-7-9-18(16)23-25(4)19-10-11-20(27-5)15(2)21(19)26(23)22(17)24(3)13-14/h6-13H,1-5H3/q+1. The Labute approximate surface area is 160 Å². The average Bonchev–Trinajstić information content (AvgIpc) is 2.95. The van der Waals surface area contributed by atoms with Crippen molar-refractivity contribution in [2.75, 3.05) is 23.8 Å². The van der Waals surface area contributed by atoms with Crippen LogP contribution in [0.3, 0.4) is 0 Å². The monoisotopic (exact) mass is 356 g/mol. The molecular formula is C22H23BN3O+. The molecule has 0 aliphatic carbocycles. The van der Waals surface area contributed by atoms with Gasteiger partial charge in [0.05, 0.1) is 31.6 Å². The topological polar surface area (TPSA) is 19.6 Å². The van der Waals surface area contributed by atoms with E-state index < -0.39 is 0 Å². The van der Waals surface area contributed by atoms with Gasteiger partial charge in [0.2, 0.25) is 0 Å². The Morgan fingerprint density at radius 3 is 2.59 bits per heavy atom. The second kappa shape index (κ2) is 5.52. The highest BCUT2D eigenvalue weighted by atomic mass is 16.5. The second-order valence-electron chi connectivity index (χ2n) is 7.57. The van der Waals surface area contributed by atoms with Gasteiger partial charge in [-0.05, 0) is 50.2 Å². The van der Waals surface area contributed by atoms with Gasteiger partial charge in [0, 0.05) is 11.0 Å². The molecule has 0 fully saturated rings. The maximum atomic E-state index is 5.64. The fraction of sp³-hybridized carbons (Fsp3) is 0.227. The molecule has 0 saturated heterocycles. The van der Waals surface area contributed by atoms with Gasteiger partial charge in [-0.2, -0.15) is 0 Å². The van der Waals surface area contributed by atoms with Crippen LogP contribution in [0.4, 0.5) is 17.2 Å². The zero-order valence-electron chi connectivity index (χ0n) is 16.4.